The van der Waals surface area contributed by atoms with E-state index in [0.717, 1.165) is 6.08 Å². The van der Waals surface area contributed by atoms with Crippen LogP contribution < -0.4 is 0 Å². The molecule has 0 radical (unpaired) electrons. The molecule has 0 heterocycles. The minimum Gasteiger partial charge on any atom is -0.478 e. The number of hydrogen-bond acceptors (Lipinski definition) is 4. The van der Waals surface area contributed by atoms with E-state index in [2.05, 4.69) is 0 Å². The number of carboxylic acids is 1. The summed E-state index contributed by atoms with van der Waals surface area (Å²) in [6.45, 7) is 5.22. The molecule has 5 heteroatoms. The Morgan fingerprint density at radius 1 is 1.29 bits per heavy atom. The van der Waals surface area contributed by atoms with Crippen LogP contribution in [0.2, 0.25) is 0 Å². The van der Waals surface area contributed by atoms with Crippen molar-refractivity contribution in [1.82, 2.24) is 0 Å². The summed E-state index contributed by atoms with van der Waals surface area (Å²) in [5, 5.41) is 17.7. The molecule has 0 spiro atoms. The molecule has 0 saturated carbocycles. The number of hydrogen-bond donors (Lipinski definition) is 2. The molecule has 0 saturated heterocycles. The van der Waals surface area contributed by atoms with Crippen molar-refractivity contribution in [2.45, 2.75) is 38.9 Å². The van der Waals surface area contributed by atoms with E-state index in [9.17, 15) is 14.7 Å². The van der Waals surface area contributed by atoms with Crippen LogP contribution in [0.1, 0.15) is 27.2 Å². The number of carbonyl (C=O) groups is 2. The molecule has 1 unspecified atom stereocenters. The molecule has 2 N–H and O–H groups in total. The predicted molar refractivity (Wildman–Crippen MR) is 62.4 cm³/mol. The van der Waals surface area contributed by atoms with E-state index in [4.69, 9.17) is 9.84 Å². The first-order valence-electron chi connectivity index (χ1n) is 5.18. The number of aliphatic hydroxyl groups is 1. The molecule has 0 rings (SSSR count). The number of aliphatic hydroxyl groups excluding tert-OH is 1. The summed E-state index contributed by atoms with van der Waals surface area (Å²) < 4.78 is 5.01. The van der Waals surface area contributed by atoms with E-state index in [1.165, 1.54) is 18.2 Å². The Kier molecular flexibility index (Phi) is 6.20. The van der Waals surface area contributed by atoms with Crippen LogP contribution in [0, 0.1) is 0 Å². The summed E-state index contributed by atoms with van der Waals surface area (Å²) in [4.78, 5) is 21.4. The summed E-state index contributed by atoms with van der Waals surface area (Å²) in [6, 6.07) is 0. The molecule has 0 aromatic rings. The monoisotopic (exact) mass is 242 g/mol. The summed E-state index contributed by atoms with van der Waals surface area (Å²) in [7, 11) is 0. The van der Waals surface area contributed by atoms with Crippen molar-refractivity contribution in [3.05, 3.63) is 24.3 Å². The first kappa shape index (κ1) is 15.4. The third-order valence-electron chi connectivity index (χ3n) is 1.48. The molecule has 0 aliphatic rings. The zero-order chi connectivity index (χ0) is 13.5. The maximum absolute atomic E-state index is 11.3. The van der Waals surface area contributed by atoms with Gasteiger partial charge in [0.15, 0.2) is 0 Å². The molecule has 0 aromatic heterocycles. The van der Waals surface area contributed by atoms with Crippen LogP contribution in [0.3, 0.4) is 0 Å². The first-order chi connectivity index (χ1) is 7.70. The van der Waals surface area contributed by atoms with Crippen molar-refractivity contribution in [3.63, 3.8) is 0 Å². The highest BCUT2D eigenvalue weighted by molar-refractivity contribution is 5.80. The summed E-state index contributed by atoms with van der Waals surface area (Å²) in [6.07, 6.45) is 3.74. The SMILES string of the molecule is CC(C)(C)OC(=O)CC(O)/C=C/C=C/C(=O)O. The Balaban J connectivity index is 4.06. The number of aliphatic carboxylic acids is 1. The molecule has 0 bridgehead atoms. The van der Waals surface area contributed by atoms with E-state index in [-0.39, 0.29) is 6.42 Å². The van der Waals surface area contributed by atoms with Crippen molar-refractivity contribution in [2.24, 2.45) is 0 Å². The molecule has 96 valence electrons. The van der Waals surface area contributed by atoms with Gasteiger partial charge in [-0.25, -0.2) is 4.79 Å². The van der Waals surface area contributed by atoms with E-state index in [1.807, 2.05) is 0 Å². The molecule has 1 atom stereocenters. The van der Waals surface area contributed by atoms with Crippen LogP contribution in [0.4, 0.5) is 0 Å². The average Bonchev–Trinajstić information content (AvgIpc) is 2.08. The minimum absolute atomic E-state index is 0.158. The molecule has 0 fully saturated rings. The minimum atomic E-state index is -1.07. The number of carboxylic acid groups (broad SMARTS) is 1. The van der Waals surface area contributed by atoms with Crippen LogP contribution in [0.5, 0.6) is 0 Å². The number of allylic oxidation sites excluding steroid dienone is 2. The van der Waals surface area contributed by atoms with Gasteiger partial charge in [-0.15, -0.1) is 0 Å². The van der Waals surface area contributed by atoms with Crippen molar-refractivity contribution in [3.8, 4) is 0 Å². The smallest absolute Gasteiger partial charge is 0.328 e. The van der Waals surface area contributed by atoms with Crippen LogP contribution >= 0.6 is 0 Å². The van der Waals surface area contributed by atoms with Crippen LogP contribution in [-0.2, 0) is 14.3 Å². The topological polar surface area (TPSA) is 83.8 Å². The lowest BCUT2D eigenvalue weighted by Crippen LogP contribution is -2.26. The average molecular weight is 242 g/mol. The van der Waals surface area contributed by atoms with Gasteiger partial charge in [-0.1, -0.05) is 18.2 Å². The zero-order valence-corrected chi connectivity index (χ0v) is 10.2. The van der Waals surface area contributed by atoms with E-state index >= 15 is 0 Å². The quantitative estimate of drug-likeness (QED) is 0.431. The number of esters is 1. The van der Waals surface area contributed by atoms with Gasteiger partial charge >= 0.3 is 11.9 Å². The fourth-order valence-corrected chi connectivity index (χ4v) is 0.952. The summed E-state index contributed by atoms with van der Waals surface area (Å²) in [5.41, 5.74) is -0.580. The van der Waals surface area contributed by atoms with Crippen LogP contribution in [0.15, 0.2) is 24.3 Å². The van der Waals surface area contributed by atoms with Gasteiger partial charge in [0.2, 0.25) is 0 Å². The summed E-state index contributed by atoms with van der Waals surface area (Å²) in [5.74, 6) is -1.58. The molecular weight excluding hydrogens is 224 g/mol. The second-order valence-corrected chi connectivity index (χ2v) is 4.44. The molecule has 17 heavy (non-hydrogen) atoms. The van der Waals surface area contributed by atoms with Gasteiger partial charge in [-0.05, 0) is 20.8 Å². The van der Waals surface area contributed by atoms with Gasteiger partial charge in [-0.3, -0.25) is 4.79 Å². The van der Waals surface area contributed by atoms with Crippen LogP contribution in [0.25, 0.3) is 0 Å². The lowest BCUT2D eigenvalue weighted by Gasteiger charge is -2.19. The first-order valence-corrected chi connectivity index (χ1v) is 5.18. The van der Waals surface area contributed by atoms with Crippen molar-refractivity contribution < 1.29 is 24.5 Å². The Morgan fingerprint density at radius 2 is 1.88 bits per heavy atom. The van der Waals surface area contributed by atoms with Crippen molar-refractivity contribution in [1.29, 1.82) is 0 Å². The van der Waals surface area contributed by atoms with E-state index in [0.29, 0.717) is 0 Å². The van der Waals surface area contributed by atoms with Gasteiger partial charge in [0.1, 0.15) is 5.60 Å². The Hall–Kier alpha value is -1.62. The van der Waals surface area contributed by atoms with Crippen LogP contribution in [-0.4, -0.2) is 33.9 Å². The lowest BCUT2D eigenvalue weighted by molar-refractivity contribution is -0.156. The normalized spacial score (nSPS) is 14.1. The number of carbonyl (C=O) groups excluding carboxylic acids is 1. The van der Waals surface area contributed by atoms with Crippen molar-refractivity contribution in [2.75, 3.05) is 0 Å². The standard InChI is InChI=1S/C12H18O5/c1-12(2,3)17-11(16)8-9(13)6-4-5-7-10(14)15/h4-7,9,13H,8H2,1-3H3,(H,14,15)/b6-4+,7-5+. The molecular formula is C12H18O5. The summed E-state index contributed by atoms with van der Waals surface area (Å²) >= 11 is 0. The number of ether oxygens (including phenoxy) is 1. The fourth-order valence-electron chi connectivity index (χ4n) is 0.952. The maximum Gasteiger partial charge on any atom is 0.328 e. The Bertz CT molecular complexity index is 322. The Labute approximate surface area is 100 Å². The van der Waals surface area contributed by atoms with Gasteiger partial charge in [0, 0.05) is 6.08 Å². The fraction of sp³-hybridized carbons (Fsp3) is 0.500. The zero-order valence-electron chi connectivity index (χ0n) is 10.2. The third-order valence-corrected chi connectivity index (χ3v) is 1.48. The van der Waals surface area contributed by atoms with Crippen molar-refractivity contribution >= 4 is 11.9 Å². The van der Waals surface area contributed by atoms with Gasteiger partial charge in [0.05, 0.1) is 12.5 Å². The van der Waals surface area contributed by atoms with Gasteiger partial charge in [0.25, 0.3) is 0 Å². The van der Waals surface area contributed by atoms with E-state index in [1.54, 1.807) is 20.8 Å². The molecule has 0 amide bonds. The lowest BCUT2D eigenvalue weighted by atomic mass is 10.2. The molecule has 0 aliphatic heterocycles. The second kappa shape index (κ2) is 6.85. The third kappa shape index (κ3) is 10.7. The highest BCUT2D eigenvalue weighted by Gasteiger charge is 2.17. The Morgan fingerprint density at radius 3 is 2.35 bits per heavy atom. The molecule has 0 aliphatic carbocycles. The maximum atomic E-state index is 11.3. The predicted octanol–water partition coefficient (Wildman–Crippen LogP) is 1.28. The second-order valence-electron chi connectivity index (χ2n) is 4.44. The largest absolute Gasteiger partial charge is 0.478 e. The van der Waals surface area contributed by atoms with Gasteiger partial charge < -0.3 is 14.9 Å². The van der Waals surface area contributed by atoms with Gasteiger partial charge in [-0.2, -0.15) is 0 Å². The van der Waals surface area contributed by atoms with E-state index < -0.39 is 23.6 Å². The molecule has 5 nitrogen and oxygen atoms in total. The highest BCUT2D eigenvalue weighted by Crippen LogP contribution is 2.09. The molecule has 0 aromatic carbocycles. The number of rotatable bonds is 5. The highest BCUT2D eigenvalue weighted by atomic mass is 16.6.